The van der Waals surface area contributed by atoms with Crippen molar-refractivity contribution in [1.82, 2.24) is 5.32 Å². The number of aliphatic carboxylic acids is 1. The number of aromatic hydroxyl groups is 1. The average molecular weight is 502 g/mol. The number of phosphoric ester groups is 1. The predicted octanol–water partition coefficient (Wildman–Crippen LogP) is -3.67. The van der Waals surface area contributed by atoms with Crippen molar-refractivity contribution in [1.29, 1.82) is 0 Å². The fourth-order valence-electron chi connectivity index (χ4n) is 3.73. The Morgan fingerprint density at radius 1 is 1.35 bits per heavy atom. The molecule has 5 atom stereocenters. The van der Waals surface area contributed by atoms with Gasteiger partial charge in [-0.1, -0.05) is 26.0 Å². The van der Waals surface area contributed by atoms with Gasteiger partial charge >= 0.3 is 5.97 Å². The molecule has 2 rings (SSSR count). The van der Waals surface area contributed by atoms with E-state index in [-0.39, 0.29) is 30.1 Å². The number of phosphoric acid groups is 1. The van der Waals surface area contributed by atoms with Gasteiger partial charge in [0.25, 0.3) is 5.91 Å². The first-order chi connectivity index (χ1) is 15.7. The van der Waals surface area contributed by atoms with Crippen molar-refractivity contribution in [2.45, 2.75) is 63.5 Å². The topological polar surface area (TPSA) is 236 Å². The molecule has 0 saturated carbocycles. The van der Waals surface area contributed by atoms with E-state index in [0.29, 0.717) is 5.56 Å². The Morgan fingerprint density at radius 3 is 2.56 bits per heavy atom. The second-order valence-corrected chi connectivity index (χ2v) is 9.61. The van der Waals surface area contributed by atoms with Gasteiger partial charge in [0.2, 0.25) is 0 Å². The first-order valence-corrected chi connectivity index (χ1v) is 11.9. The molecule has 6 N–H and O–H groups in total. The zero-order valence-corrected chi connectivity index (χ0v) is 19.4. The minimum atomic E-state index is -5.79. The van der Waals surface area contributed by atoms with Gasteiger partial charge in [-0.3, -0.25) is 4.79 Å². The smallest absolute Gasteiger partial charge is 0.342 e. The summed E-state index contributed by atoms with van der Waals surface area (Å²) in [5.74, 6) is -4.01. The van der Waals surface area contributed by atoms with Crippen LogP contribution in [0.1, 0.15) is 42.6 Å². The first kappa shape index (κ1) is 27.7. The van der Waals surface area contributed by atoms with E-state index in [4.69, 9.17) is 4.74 Å². The van der Waals surface area contributed by atoms with Gasteiger partial charge in [-0.25, -0.2) is 4.79 Å². The normalized spacial score (nSPS) is 19.5. The van der Waals surface area contributed by atoms with E-state index in [1.165, 1.54) is 12.1 Å². The number of carbonyl (C=O) groups is 3. The van der Waals surface area contributed by atoms with Crippen LogP contribution < -0.4 is 25.9 Å². The number of esters is 1. The zero-order valence-electron chi connectivity index (χ0n) is 18.5. The number of hydrogen-bond donors (Lipinski definition) is 4. The number of carbonyl (C=O) groups excluding carboxylic acids is 3. The van der Waals surface area contributed by atoms with Crippen LogP contribution in [0.5, 0.6) is 5.75 Å². The molecule has 190 valence electrons. The minimum Gasteiger partial charge on any atom is -0.790 e. The van der Waals surface area contributed by atoms with Gasteiger partial charge in [0.15, 0.2) is 6.10 Å². The van der Waals surface area contributed by atoms with Crippen molar-refractivity contribution >= 4 is 25.7 Å². The molecular formula is C20H27N2O11P-2. The summed E-state index contributed by atoms with van der Waals surface area (Å²) in [6.07, 6.45) is -5.82. The van der Waals surface area contributed by atoms with Crippen LogP contribution in [0.4, 0.5) is 0 Å². The Kier molecular flexibility index (Phi) is 9.17. The number of aliphatic hydroxyl groups is 1. The van der Waals surface area contributed by atoms with Crippen LogP contribution in [-0.2, 0) is 29.8 Å². The molecule has 1 aromatic rings. The molecule has 1 aliphatic rings. The molecule has 0 aliphatic carbocycles. The highest BCUT2D eigenvalue weighted by Crippen LogP contribution is 2.32. The molecule has 0 radical (unpaired) electrons. The van der Waals surface area contributed by atoms with Crippen molar-refractivity contribution in [3.8, 4) is 5.75 Å². The maximum Gasteiger partial charge on any atom is 0.342 e. The molecule has 0 bridgehead atoms. The van der Waals surface area contributed by atoms with E-state index in [9.17, 15) is 44.1 Å². The largest absolute Gasteiger partial charge is 0.790 e. The van der Waals surface area contributed by atoms with E-state index >= 15 is 0 Å². The van der Waals surface area contributed by atoms with E-state index in [0.717, 1.165) is 0 Å². The second-order valence-electron chi connectivity index (χ2n) is 8.50. The standard InChI is InChI=1S/C20H29N2O11P/c1-9(2)6-12(14-7-10-4-3-5-13(23)16(10)20(28)32-14)22-19(27)18(33-34(29,30)31)17(26)11(21)8-15(24)25/h3-5,9,11-12,14,17-18,23,26H,6-8,21H2,1-2H3,(H,22,27)(H,24,25)(H2,29,30,31)/p-2/t11-,12-,14-,17-,18-/m0/s1. The molecule has 0 spiro atoms. The van der Waals surface area contributed by atoms with Crippen molar-refractivity contribution < 1.29 is 59.0 Å². The van der Waals surface area contributed by atoms with Crippen molar-refractivity contribution in [2.75, 3.05) is 0 Å². The fourth-order valence-corrected chi connectivity index (χ4v) is 4.23. The second kappa shape index (κ2) is 11.3. The van der Waals surface area contributed by atoms with Crippen molar-refractivity contribution in [3.63, 3.8) is 0 Å². The van der Waals surface area contributed by atoms with Gasteiger partial charge in [0.1, 0.15) is 29.6 Å². The molecule has 0 aromatic heterocycles. The summed E-state index contributed by atoms with van der Waals surface area (Å²) in [5, 5.41) is 33.5. The molecule has 0 unspecified atom stereocenters. The molecule has 1 aromatic carbocycles. The molecule has 1 amide bonds. The number of aliphatic hydroxyl groups excluding tert-OH is 1. The number of nitrogens with one attached hydrogen (secondary N) is 1. The average Bonchev–Trinajstić information content (AvgIpc) is 2.69. The number of phenolic OH excluding ortho intramolecular Hbond substituents is 1. The molecule has 1 aliphatic heterocycles. The van der Waals surface area contributed by atoms with Crippen molar-refractivity contribution in [2.24, 2.45) is 5.92 Å². The summed E-state index contributed by atoms with van der Waals surface area (Å²) in [4.78, 5) is 58.6. The lowest BCUT2D eigenvalue weighted by Crippen LogP contribution is -2.71. The molecule has 0 saturated heterocycles. The highest BCUT2D eigenvalue weighted by molar-refractivity contribution is 7.43. The van der Waals surface area contributed by atoms with Crippen LogP contribution >= 0.6 is 7.82 Å². The van der Waals surface area contributed by atoms with E-state index in [1.807, 2.05) is 13.8 Å². The summed E-state index contributed by atoms with van der Waals surface area (Å²) in [5.41, 5.74) is 3.81. The first-order valence-electron chi connectivity index (χ1n) is 10.4. The van der Waals surface area contributed by atoms with Gasteiger partial charge in [-0.15, -0.1) is 0 Å². The van der Waals surface area contributed by atoms with Gasteiger partial charge in [0, 0.05) is 18.8 Å². The summed E-state index contributed by atoms with van der Waals surface area (Å²) in [6, 6.07) is 2.10. The monoisotopic (exact) mass is 502 g/mol. The zero-order chi connectivity index (χ0) is 25.8. The lowest BCUT2D eigenvalue weighted by atomic mass is 9.90. The molecular weight excluding hydrogens is 475 g/mol. The third-order valence-electron chi connectivity index (χ3n) is 5.24. The number of fused-ring (bicyclic) bond motifs is 1. The number of hydrogen-bond acceptors (Lipinski definition) is 11. The predicted molar refractivity (Wildman–Crippen MR) is 107 cm³/mol. The number of cyclic esters (lactones) is 1. The molecule has 13 nitrogen and oxygen atoms in total. The number of rotatable bonds is 11. The fraction of sp³-hybridized carbons (Fsp3) is 0.550. The lowest BCUT2D eigenvalue weighted by molar-refractivity contribution is -0.445. The summed E-state index contributed by atoms with van der Waals surface area (Å²) < 4.78 is 20.8. The Balaban J connectivity index is 2.30. The molecule has 1 heterocycles. The van der Waals surface area contributed by atoms with Gasteiger partial charge in [-0.2, -0.15) is 0 Å². The van der Waals surface area contributed by atoms with Gasteiger partial charge in [-0.05, 0) is 24.0 Å². The van der Waals surface area contributed by atoms with E-state index < -0.39 is 62.5 Å². The van der Waals surface area contributed by atoms with Crippen LogP contribution in [-0.4, -0.2) is 58.5 Å². The Bertz CT molecular complexity index is 964. The van der Waals surface area contributed by atoms with Crippen molar-refractivity contribution in [3.05, 3.63) is 29.3 Å². The van der Waals surface area contributed by atoms with Crippen LogP contribution in [0, 0.1) is 5.92 Å². The van der Waals surface area contributed by atoms with Crippen LogP contribution in [0.15, 0.2) is 18.2 Å². The maximum absolute atomic E-state index is 12.9. The Labute approximate surface area is 195 Å². The SMILES string of the molecule is CC(C)C[C@H](NC(=O)[C@@H](OP(=O)([O-])[O-])[C@@H](O)[C@@H]([NH3+])CC(=O)[O-])[C@@H]1Cc2cccc(O)c2C(=O)O1. The number of quaternary nitrogens is 1. The number of amides is 1. The van der Waals surface area contributed by atoms with E-state index in [1.54, 1.807) is 6.07 Å². The van der Waals surface area contributed by atoms with Gasteiger partial charge < -0.3 is 54.8 Å². The summed E-state index contributed by atoms with van der Waals surface area (Å²) >= 11 is 0. The van der Waals surface area contributed by atoms with Crippen LogP contribution in [0.2, 0.25) is 0 Å². The quantitative estimate of drug-likeness (QED) is 0.170. The minimum absolute atomic E-state index is 0.00849. The third kappa shape index (κ3) is 7.49. The number of carboxylic acid groups (broad SMARTS) is 1. The molecule has 0 fully saturated rings. The summed E-state index contributed by atoms with van der Waals surface area (Å²) in [6.45, 7) is 3.61. The Hall–Kier alpha value is -2.54. The lowest BCUT2D eigenvalue weighted by Gasteiger charge is -2.37. The van der Waals surface area contributed by atoms with Gasteiger partial charge in [0.05, 0.1) is 13.9 Å². The van der Waals surface area contributed by atoms with Crippen LogP contribution in [0.25, 0.3) is 0 Å². The maximum atomic E-state index is 12.9. The summed E-state index contributed by atoms with van der Waals surface area (Å²) in [7, 11) is -5.79. The number of carboxylic acids is 1. The number of benzene rings is 1. The number of phenols is 1. The van der Waals surface area contributed by atoms with E-state index in [2.05, 4.69) is 15.6 Å². The Morgan fingerprint density at radius 2 is 2.00 bits per heavy atom. The highest BCUT2D eigenvalue weighted by Gasteiger charge is 2.39. The highest BCUT2D eigenvalue weighted by atomic mass is 31.2. The number of ether oxygens (including phenoxy) is 1. The van der Waals surface area contributed by atoms with Crippen LogP contribution in [0.3, 0.4) is 0 Å². The third-order valence-corrected chi connectivity index (χ3v) is 5.72. The molecule has 14 heteroatoms. The molecule has 34 heavy (non-hydrogen) atoms.